The van der Waals surface area contributed by atoms with Gasteiger partial charge in [-0.2, -0.15) is 0 Å². The van der Waals surface area contributed by atoms with Crippen LogP contribution < -0.4 is 5.32 Å². The third kappa shape index (κ3) is 3.19. The van der Waals surface area contributed by atoms with Crippen molar-refractivity contribution in [3.8, 4) is 0 Å². The Bertz CT molecular complexity index is 355. The lowest BCUT2D eigenvalue weighted by atomic mass is 10.2. The maximum absolute atomic E-state index is 13.3. The van der Waals surface area contributed by atoms with Crippen LogP contribution in [0.3, 0.4) is 0 Å². The maximum atomic E-state index is 13.3. The zero-order chi connectivity index (χ0) is 11.3. The van der Waals surface area contributed by atoms with Crippen LogP contribution in [0.25, 0.3) is 0 Å². The summed E-state index contributed by atoms with van der Waals surface area (Å²) in [4.78, 5) is 9.73. The van der Waals surface area contributed by atoms with Crippen molar-refractivity contribution in [2.45, 2.75) is 19.8 Å². The van der Waals surface area contributed by atoms with Crippen LogP contribution in [0.4, 0.5) is 15.8 Å². The number of anilines is 1. The second-order valence-electron chi connectivity index (χ2n) is 3.20. The lowest BCUT2D eigenvalue weighted by Crippen LogP contribution is -2.03. The first kappa shape index (κ1) is 11.4. The second-order valence-corrected chi connectivity index (χ2v) is 3.20. The van der Waals surface area contributed by atoms with Gasteiger partial charge in [0, 0.05) is 12.6 Å². The topological polar surface area (TPSA) is 55.2 Å². The maximum Gasteiger partial charge on any atom is 0.272 e. The molecule has 0 saturated carbocycles. The molecule has 1 rings (SSSR count). The lowest BCUT2D eigenvalue weighted by molar-refractivity contribution is -0.385. The van der Waals surface area contributed by atoms with Crippen molar-refractivity contribution in [1.82, 2.24) is 0 Å². The molecule has 0 aliphatic heterocycles. The highest BCUT2D eigenvalue weighted by Crippen LogP contribution is 2.20. The molecule has 0 heterocycles. The number of non-ortho nitro benzene ring substituents is 1. The third-order valence-electron chi connectivity index (χ3n) is 2.01. The Balaban J connectivity index is 2.70. The molecule has 82 valence electrons. The minimum atomic E-state index is -0.612. The monoisotopic (exact) mass is 212 g/mol. The summed E-state index contributed by atoms with van der Waals surface area (Å²) >= 11 is 0. The number of nitrogens with one attached hydrogen (secondary N) is 1. The molecule has 0 amide bonds. The van der Waals surface area contributed by atoms with Gasteiger partial charge in [0.2, 0.25) is 0 Å². The van der Waals surface area contributed by atoms with Gasteiger partial charge in [-0.15, -0.1) is 0 Å². The van der Waals surface area contributed by atoms with Crippen molar-refractivity contribution in [1.29, 1.82) is 0 Å². The number of rotatable bonds is 5. The van der Waals surface area contributed by atoms with Crippen molar-refractivity contribution < 1.29 is 9.31 Å². The summed E-state index contributed by atoms with van der Waals surface area (Å²) in [5.41, 5.74) is 0.0857. The molecule has 0 atom stereocenters. The number of hydrogen-bond acceptors (Lipinski definition) is 3. The summed E-state index contributed by atoms with van der Waals surface area (Å²) in [5, 5.41) is 13.2. The molecule has 0 aliphatic carbocycles. The normalized spacial score (nSPS) is 10.0. The summed E-state index contributed by atoms with van der Waals surface area (Å²) in [7, 11) is 0. The fourth-order valence-electron chi connectivity index (χ4n) is 1.16. The van der Waals surface area contributed by atoms with Crippen molar-refractivity contribution in [3.05, 3.63) is 34.1 Å². The largest absolute Gasteiger partial charge is 0.383 e. The molecule has 0 radical (unpaired) electrons. The van der Waals surface area contributed by atoms with E-state index in [0.29, 0.717) is 12.2 Å². The highest BCUT2D eigenvalue weighted by Gasteiger charge is 2.09. The molecular formula is C10H13FN2O2. The molecule has 0 aliphatic rings. The zero-order valence-electron chi connectivity index (χ0n) is 8.50. The van der Waals surface area contributed by atoms with Gasteiger partial charge in [-0.25, -0.2) is 4.39 Å². The van der Waals surface area contributed by atoms with Gasteiger partial charge >= 0.3 is 0 Å². The van der Waals surface area contributed by atoms with E-state index in [9.17, 15) is 14.5 Å². The second kappa shape index (κ2) is 5.29. The highest BCUT2D eigenvalue weighted by atomic mass is 19.1. The molecule has 0 aromatic heterocycles. The summed E-state index contributed by atoms with van der Waals surface area (Å²) in [6.07, 6.45) is 1.96. The Kier molecular flexibility index (Phi) is 4.03. The SMILES string of the molecule is CCCCNc1ccc([N+](=O)[O-])cc1F. The van der Waals surface area contributed by atoms with Gasteiger partial charge in [0.05, 0.1) is 16.7 Å². The number of hydrogen-bond donors (Lipinski definition) is 1. The molecule has 0 bridgehead atoms. The van der Waals surface area contributed by atoms with Crippen LogP contribution in [0.5, 0.6) is 0 Å². The lowest BCUT2D eigenvalue weighted by Gasteiger charge is -2.05. The molecule has 1 aromatic rings. The Hall–Kier alpha value is -1.65. The Morgan fingerprint density at radius 3 is 2.80 bits per heavy atom. The molecular weight excluding hydrogens is 199 g/mol. The standard InChI is InChI=1S/C10H13FN2O2/c1-2-3-6-12-10-5-4-8(13(14)15)7-9(10)11/h4-5,7,12H,2-3,6H2,1H3. The van der Waals surface area contributed by atoms with Crippen LogP contribution in [0.2, 0.25) is 0 Å². The van der Waals surface area contributed by atoms with Gasteiger partial charge in [-0.05, 0) is 12.5 Å². The smallest absolute Gasteiger partial charge is 0.272 e. The highest BCUT2D eigenvalue weighted by molar-refractivity contribution is 5.49. The summed E-state index contributed by atoms with van der Waals surface area (Å²) in [6, 6.07) is 3.61. The summed E-state index contributed by atoms with van der Waals surface area (Å²) < 4.78 is 13.3. The van der Waals surface area contributed by atoms with Crippen LogP contribution >= 0.6 is 0 Å². The molecule has 5 heteroatoms. The quantitative estimate of drug-likeness (QED) is 0.463. The average Bonchev–Trinajstić information content (AvgIpc) is 2.20. The Morgan fingerprint density at radius 2 is 2.27 bits per heavy atom. The van der Waals surface area contributed by atoms with Crippen molar-refractivity contribution in [2.75, 3.05) is 11.9 Å². The first-order chi connectivity index (χ1) is 7.15. The molecule has 0 spiro atoms. The van der Waals surface area contributed by atoms with E-state index in [1.165, 1.54) is 12.1 Å². The molecule has 0 saturated heterocycles. The predicted octanol–water partition coefficient (Wildman–Crippen LogP) is 2.95. The van der Waals surface area contributed by atoms with E-state index in [0.717, 1.165) is 18.9 Å². The fraction of sp³-hybridized carbons (Fsp3) is 0.400. The van der Waals surface area contributed by atoms with Crippen LogP contribution in [0, 0.1) is 15.9 Å². The van der Waals surface area contributed by atoms with E-state index in [-0.39, 0.29) is 5.69 Å². The van der Waals surface area contributed by atoms with E-state index in [1.807, 2.05) is 6.92 Å². The molecule has 1 N–H and O–H groups in total. The molecule has 15 heavy (non-hydrogen) atoms. The van der Waals surface area contributed by atoms with Gasteiger partial charge in [0.15, 0.2) is 5.82 Å². The van der Waals surface area contributed by atoms with Crippen molar-refractivity contribution >= 4 is 11.4 Å². The van der Waals surface area contributed by atoms with Crippen LogP contribution in [-0.4, -0.2) is 11.5 Å². The molecule has 1 aromatic carbocycles. The zero-order valence-corrected chi connectivity index (χ0v) is 8.50. The van der Waals surface area contributed by atoms with Gasteiger partial charge in [-0.1, -0.05) is 13.3 Å². The minimum Gasteiger partial charge on any atom is -0.383 e. The van der Waals surface area contributed by atoms with Gasteiger partial charge in [-0.3, -0.25) is 10.1 Å². The fourth-order valence-corrected chi connectivity index (χ4v) is 1.16. The Morgan fingerprint density at radius 1 is 1.53 bits per heavy atom. The van der Waals surface area contributed by atoms with Crippen LogP contribution in [0.15, 0.2) is 18.2 Å². The molecule has 0 unspecified atom stereocenters. The predicted molar refractivity (Wildman–Crippen MR) is 56.5 cm³/mol. The van der Waals surface area contributed by atoms with Crippen LogP contribution in [-0.2, 0) is 0 Å². The summed E-state index contributed by atoms with van der Waals surface area (Å²) in [6.45, 7) is 2.71. The molecule has 0 fully saturated rings. The van der Waals surface area contributed by atoms with Gasteiger partial charge in [0.25, 0.3) is 5.69 Å². The summed E-state index contributed by atoms with van der Waals surface area (Å²) in [5.74, 6) is -0.583. The number of nitro groups is 1. The number of nitro benzene ring substituents is 1. The Labute approximate surface area is 87.3 Å². The van der Waals surface area contributed by atoms with E-state index in [2.05, 4.69) is 5.32 Å². The van der Waals surface area contributed by atoms with Crippen molar-refractivity contribution in [2.24, 2.45) is 0 Å². The van der Waals surface area contributed by atoms with E-state index in [4.69, 9.17) is 0 Å². The van der Waals surface area contributed by atoms with Gasteiger partial charge < -0.3 is 5.32 Å². The van der Waals surface area contributed by atoms with E-state index < -0.39 is 10.7 Å². The number of halogens is 1. The van der Waals surface area contributed by atoms with Crippen LogP contribution in [0.1, 0.15) is 19.8 Å². The van der Waals surface area contributed by atoms with Crippen molar-refractivity contribution in [3.63, 3.8) is 0 Å². The third-order valence-corrected chi connectivity index (χ3v) is 2.01. The van der Waals surface area contributed by atoms with E-state index >= 15 is 0 Å². The average molecular weight is 212 g/mol. The van der Waals surface area contributed by atoms with E-state index in [1.54, 1.807) is 0 Å². The minimum absolute atomic E-state index is 0.228. The molecule has 4 nitrogen and oxygen atoms in total. The number of nitrogens with zero attached hydrogens (tertiary/aromatic N) is 1. The van der Waals surface area contributed by atoms with Gasteiger partial charge in [0.1, 0.15) is 0 Å². The first-order valence-electron chi connectivity index (χ1n) is 4.83. The number of unbranched alkanes of at least 4 members (excludes halogenated alkanes) is 1. The first-order valence-corrected chi connectivity index (χ1v) is 4.83. The number of benzene rings is 1.